The molecule has 1 heterocycles. The number of aromatic amines is 1. The summed E-state index contributed by atoms with van der Waals surface area (Å²) in [6.45, 7) is 5.61. The van der Waals surface area contributed by atoms with Gasteiger partial charge in [0.15, 0.2) is 0 Å². The number of hydrogen-bond acceptors (Lipinski definition) is 6. The fraction of sp³-hybridized carbons (Fsp3) is 0.450. The molecular weight excluding hydrogens is 408 g/mol. The summed E-state index contributed by atoms with van der Waals surface area (Å²) in [5.41, 5.74) is -0.996. The largest absolute Gasteiger partial charge is 0.480 e. The van der Waals surface area contributed by atoms with E-state index in [1.165, 1.54) is 0 Å². The lowest BCUT2D eigenvalue weighted by Gasteiger charge is -2.23. The molecule has 0 saturated heterocycles. The van der Waals surface area contributed by atoms with E-state index in [-0.39, 0.29) is 24.0 Å². The molecule has 0 saturated carbocycles. The highest BCUT2D eigenvalue weighted by Gasteiger charge is 2.21. The van der Waals surface area contributed by atoms with Gasteiger partial charge < -0.3 is 20.1 Å². The van der Waals surface area contributed by atoms with Crippen LogP contribution < -0.4 is 16.6 Å². The third-order valence-electron chi connectivity index (χ3n) is 4.18. The number of carbonyl (C=O) groups excluding carboxylic acids is 2. The molecule has 2 rings (SSSR count). The first-order valence-electron chi connectivity index (χ1n) is 9.57. The van der Waals surface area contributed by atoms with Crippen LogP contribution in [0.2, 0.25) is 0 Å². The van der Waals surface area contributed by atoms with Crippen LogP contribution in [0.25, 0.3) is 10.9 Å². The molecule has 3 N–H and O–H groups in total. The maximum atomic E-state index is 12.8. The summed E-state index contributed by atoms with van der Waals surface area (Å²) in [7, 11) is 0. The van der Waals surface area contributed by atoms with Crippen molar-refractivity contribution in [3.05, 3.63) is 44.6 Å². The smallest absolute Gasteiger partial charge is 0.407 e. The van der Waals surface area contributed by atoms with E-state index in [0.29, 0.717) is 0 Å². The third kappa shape index (κ3) is 6.69. The number of benzene rings is 1. The molecule has 11 nitrogen and oxygen atoms in total. The molecule has 2 amide bonds. The normalized spacial score (nSPS) is 11.2. The lowest BCUT2D eigenvalue weighted by Crippen LogP contribution is -2.45. The van der Waals surface area contributed by atoms with Gasteiger partial charge in [-0.25, -0.2) is 9.59 Å². The Morgan fingerprint density at radius 1 is 1.23 bits per heavy atom. The van der Waals surface area contributed by atoms with Gasteiger partial charge in [-0.3, -0.25) is 23.9 Å². The second-order valence-electron chi connectivity index (χ2n) is 8.00. The van der Waals surface area contributed by atoms with Crippen LogP contribution in [0.5, 0.6) is 0 Å². The SMILES string of the molecule is Cc1ccc2c(c1)c(=O)[nH]c(=O)n2CC(=O)N(CCNC(=O)OC(C)(C)C)CC(=O)O. The number of aliphatic carboxylic acids is 1. The molecule has 0 spiro atoms. The maximum Gasteiger partial charge on any atom is 0.407 e. The van der Waals surface area contributed by atoms with Crippen LogP contribution in [0.3, 0.4) is 0 Å². The molecule has 0 aliphatic rings. The zero-order valence-electron chi connectivity index (χ0n) is 17.9. The van der Waals surface area contributed by atoms with Crippen molar-refractivity contribution in [2.45, 2.75) is 39.8 Å². The number of carboxylic acid groups (broad SMARTS) is 1. The molecule has 2 aromatic rings. The van der Waals surface area contributed by atoms with Crippen LogP contribution in [-0.4, -0.2) is 62.8 Å². The predicted molar refractivity (Wildman–Crippen MR) is 112 cm³/mol. The van der Waals surface area contributed by atoms with Gasteiger partial charge in [0, 0.05) is 13.1 Å². The molecule has 0 fully saturated rings. The number of alkyl carbamates (subject to hydrolysis) is 1. The van der Waals surface area contributed by atoms with Gasteiger partial charge in [-0.1, -0.05) is 11.6 Å². The molecule has 31 heavy (non-hydrogen) atoms. The number of fused-ring (bicyclic) bond motifs is 1. The molecule has 0 unspecified atom stereocenters. The number of H-pyrrole nitrogens is 1. The van der Waals surface area contributed by atoms with E-state index in [2.05, 4.69) is 10.3 Å². The first kappa shape index (κ1) is 23.6. The Morgan fingerprint density at radius 3 is 2.52 bits per heavy atom. The van der Waals surface area contributed by atoms with Crippen molar-refractivity contribution in [2.75, 3.05) is 19.6 Å². The highest BCUT2D eigenvalue weighted by atomic mass is 16.6. The van der Waals surface area contributed by atoms with Crippen molar-refractivity contribution in [2.24, 2.45) is 0 Å². The number of aryl methyl sites for hydroxylation is 1. The molecule has 0 radical (unpaired) electrons. The Balaban J connectivity index is 2.19. The summed E-state index contributed by atoms with van der Waals surface area (Å²) in [4.78, 5) is 63.2. The second-order valence-corrected chi connectivity index (χ2v) is 8.00. The average molecular weight is 434 g/mol. The fourth-order valence-corrected chi connectivity index (χ4v) is 2.86. The van der Waals surface area contributed by atoms with E-state index in [1.807, 2.05) is 0 Å². The molecule has 0 bridgehead atoms. The van der Waals surface area contributed by atoms with E-state index >= 15 is 0 Å². The Labute approximate surface area is 177 Å². The molecule has 1 aromatic heterocycles. The summed E-state index contributed by atoms with van der Waals surface area (Å²) in [6.07, 6.45) is -0.701. The van der Waals surface area contributed by atoms with Crippen molar-refractivity contribution in [3.63, 3.8) is 0 Å². The number of carboxylic acids is 1. The number of amides is 2. The van der Waals surface area contributed by atoms with E-state index in [9.17, 15) is 24.0 Å². The van der Waals surface area contributed by atoms with Crippen LogP contribution in [0.1, 0.15) is 26.3 Å². The highest BCUT2D eigenvalue weighted by Crippen LogP contribution is 2.11. The van der Waals surface area contributed by atoms with Gasteiger partial charge in [-0.05, 0) is 39.8 Å². The lowest BCUT2D eigenvalue weighted by molar-refractivity contribution is -0.144. The molecule has 11 heteroatoms. The zero-order chi connectivity index (χ0) is 23.3. The van der Waals surface area contributed by atoms with Gasteiger partial charge in [0.05, 0.1) is 10.9 Å². The molecule has 168 valence electrons. The zero-order valence-corrected chi connectivity index (χ0v) is 17.9. The van der Waals surface area contributed by atoms with Crippen molar-refractivity contribution in [1.82, 2.24) is 19.8 Å². The quantitative estimate of drug-likeness (QED) is 0.572. The van der Waals surface area contributed by atoms with Crippen molar-refractivity contribution in [1.29, 1.82) is 0 Å². The Kier molecular flexibility index (Phi) is 7.21. The Hall–Kier alpha value is -3.63. The standard InChI is InChI=1S/C20H26N4O7/c1-12-5-6-14-13(9-12)17(28)22-18(29)24(14)10-15(25)23(11-16(26)27)8-7-21-19(30)31-20(2,3)4/h5-6,9H,7-8,10-11H2,1-4H3,(H,21,30)(H,26,27)(H,22,28,29). The van der Waals surface area contributed by atoms with Gasteiger partial charge in [0.1, 0.15) is 18.7 Å². The van der Waals surface area contributed by atoms with Crippen LogP contribution in [0, 0.1) is 6.92 Å². The monoisotopic (exact) mass is 434 g/mol. The van der Waals surface area contributed by atoms with Gasteiger partial charge >= 0.3 is 17.8 Å². The van der Waals surface area contributed by atoms with Gasteiger partial charge in [0.2, 0.25) is 5.91 Å². The first-order chi connectivity index (χ1) is 14.4. The molecule has 0 atom stereocenters. The minimum Gasteiger partial charge on any atom is -0.480 e. The summed E-state index contributed by atoms with van der Waals surface area (Å²) in [5, 5.41) is 11.8. The number of hydrogen-bond donors (Lipinski definition) is 3. The Morgan fingerprint density at radius 2 is 1.90 bits per heavy atom. The van der Waals surface area contributed by atoms with Crippen LogP contribution in [0.4, 0.5) is 4.79 Å². The van der Waals surface area contributed by atoms with Crippen LogP contribution in [-0.2, 0) is 20.9 Å². The number of carbonyl (C=O) groups is 3. The number of nitrogens with zero attached hydrogens (tertiary/aromatic N) is 2. The van der Waals surface area contributed by atoms with Crippen LogP contribution >= 0.6 is 0 Å². The van der Waals surface area contributed by atoms with E-state index < -0.39 is 47.9 Å². The molecule has 0 aliphatic carbocycles. The maximum absolute atomic E-state index is 12.8. The fourth-order valence-electron chi connectivity index (χ4n) is 2.86. The van der Waals surface area contributed by atoms with Crippen molar-refractivity contribution < 1.29 is 24.2 Å². The van der Waals surface area contributed by atoms with E-state index in [0.717, 1.165) is 15.0 Å². The number of aromatic nitrogens is 2. The number of rotatable bonds is 7. The summed E-state index contributed by atoms with van der Waals surface area (Å²) in [5.74, 6) is -1.91. The average Bonchev–Trinajstić information content (AvgIpc) is 2.62. The number of nitrogens with one attached hydrogen (secondary N) is 2. The first-order valence-corrected chi connectivity index (χ1v) is 9.57. The number of ether oxygens (including phenoxy) is 1. The van der Waals surface area contributed by atoms with Gasteiger partial charge in [-0.2, -0.15) is 0 Å². The van der Waals surface area contributed by atoms with Gasteiger partial charge in [0.25, 0.3) is 5.56 Å². The van der Waals surface area contributed by atoms with E-state index in [1.54, 1.807) is 45.9 Å². The van der Waals surface area contributed by atoms with Gasteiger partial charge in [-0.15, -0.1) is 0 Å². The predicted octanol–water partition coefficient (Wildman–Crippen LogP) is 0.436. The lowest BCUT2D eigenvalue weighted by atomic mass is 10.1. The molecular formula is C20H26N4O7. The van der Waals surface area contributed by atoms with Crippen molar-refractivity contribution in [3.8, 4) is 0 Å². The third-order valence-corrected chi connectivity index (χ3v) is 4.18. The van der Waals surface area contributed by atoms with Crippen molar-refractivity contribution >= 4 is 28.9 Å². The summed E-state index contributed by atoms with van der Waals surface area (Å²) >= 11 is 0. The van der Waals surface area contributed by atoms with E-state index in [4.69, 9.17) is 9.84 Å². The minimum atomic E-state index is -1.25. The summed E-state index contributed by atoms with van der Waals surface area (Å²) < 4.78 is 6.17. The second kappa shape index (κ2) is 9.45. The van der Waals surface area contributed by atoms with Crippen LogP contribution in [0.15, 0.2) is 27.8 Å². The molecule has 1 aromatic carbocycles. The highest BCUT2D eigenvalue weighted by molar-refractivity contribution is 5.84. The Bertz CT molecular complexity index is 1110. The minimum absolute atomic E-state index is 0.0472. The molecule has 0 aliphatic heterocycles. The summed E-state index contributed by atoms with van der Waals surface area (Å²) in [6, 6.07) is 4.84. The topological polar surface area (TPSA) is 151 Å².